The van der Waals surface area contributed by atoms with Crippen LogP contribution >= 0.6 is 11.8 Å². The number of hydrogen-bond donors (Lipinski definition) is 0. The van der Waals surface area contributed by atoms with Crippen molar-refractivity contribution in [2.75, 3.05) is 23.5 Å². The molecule has 1 rings (SSSR count). The van der Waals surface area contributed by atoms with E-state index in [9.17, 15) is 22.0 Å². The van der Waals surface area contributed by atoms with Crippen LogP contribution in [0.1, 0.15) is 10.4 Å². The summed E-state index contributed by atoms with van der Waals surface area (Å²) in [6.07, 6.45) is 1.11. The number of carbonyl (C=O) groups excluding carboxylic acids is 1. The van der Waals surface area contributed by atoms with E-state index in [1.165, 1.54) is 0 Å². The van der Waals surface area contributed by atoms with Crippen molar-refractivity contribution in [1.29, 1.82) is 0 Å². The van der Waals surface area contributed by atoms with Crippen LogP contribution in [0.25, 0.3) is 0 Å². The zero-order valence-electron chi connectivity index (χ0n) is 9.65. The maximum absolute atomic E-state index is 13.2. The summed E-state index contributed by atoms with van der Waals surface area (Å²) in [7, 11) is -3.06. The third kappa shape index (κ3) is 5.14. The van der Waals surface area contributed by atoms with Crippen LogP contribution in [0, 0.1) is 11.6 Å². The Morgan fingerprint density at radius 1 is 1.33 bits per heavy atom. The summed E-state index contributed by atoms with van der Waals surface area (Å²) in [5.41, 5.74) is -0.178. The van der Waals surface area contributed by atoms with E-state index in [1.54, 1.807) is 0 Å². The van der Waals surface area contributed by atoms with Gasteiger partial charge in [0.15, 0.2) is 5.78 Å². The lowest BCUT2D eigenvalue weighted by molar-refractivity contribution is 0.101. The van der Waals surface area contributed by atoms with E-state index in [4.69, 9.17) is 0 Å². The standard InChI is InChI=1S/C11H12F2O3S2/c1-18(15,16)5-4-17-7-11(14)9-3-2-8(12)6-10(9)13/h2-3,6H,4-5,7H2,1H3. The van der Waals surface area contributed by atoms with Crippen LogP contribution in [-0.2, 0) is 9.84 Å². The predicted molar refractivity (Wildman–Crippen MR) is 67.7 cm³/mol. The van der Waals surface area contributed by atoms with Gasteiger partial charge in [0.25, 0.3) is 0 Å². The van der Waals surface area contributed by atoms with Gasteiger partial charge < -0.3 is 0 Å². The summed E-state index contributed by atoms with van der Waals surface area (Å²) in [6, 6.07) is 2.75. The van der Waals surface area contributed by atoms with Crippen molar-refractivity contribution >= 4 is 27.4 Å². The molecule has 3 nitrogen and oxygen atoms in total. The molecule has 0 spiro atoms. The summed E-state index contributed by atoms with van der Waals surface area (Å²) in [5, 5.41) is 0. The van der Waals surface area contributed by atoms with Crippen molar-refractivity contribution in [3.8, 4) is 0 Å². The number of Topliss-reactive ketones (excluding diaryl/α,β-unsaturated/α-hetero) is 1. The summed E-state index contributed by atoms with van der Waals surface area (Å²) in [4.78, 5) is 11.6. The SMILES string of the molecule is CS(=O)(=O)CCSCC(=O)c1ccc(F)cc1F. The third-order valence-corrected chi connectivity index (χ3v) is 4.23. The van der Waals surface area contributed by atoms with E-state index in [1.807, 2.05) is 0 Å². The monoisotopic (exact) mass is 294 g/mol. The van der Waals surface area contributed by atoms with Gasteiger partial charge in [0, 0.05) is 18.1 Å². The van der Waals surface area contributed by atoms with Crippen molar-refractivity contribution in [3.05, 3.63) is 35.4 Å². The van der Waals surface area contributed by atoms with E-state index >= 15 is 0 Å². The zero-order valence-corrected chi connectivity index (χ0v) is 11.3. The van der Waals surface area contributed by atoms with Crippen LogP contribution in [0.4, 0.5) is 8.78 Å². The Labute approximate surface area is 108 Å². The molecule has 0 amide bonds. The van der Waals surface area contributed by atoms with Crippen molar-refractivity contribution < 1.29 is 22.0 Å². The molecule has 0 unspecified atom stereocenters. The Bertz CT molecular complexity index is 541. The molecule has 0 saturated carbocycles. The lowest BCUT2D eigenvalue weighted by Gasteiger charge is -2.02. The molecule has 0 heterocycles. The van der Waals surface area contributed by atoms with Crippen LogP contribution in [-0.4, -0.2) is 37.7 Å². The van der Waals surface area contributed by atoms with Crippen molar-refractivity contribution in [2.24, 2.45) is 0 Å². The summed E-state index contributed by atoms with van der Waals surface area (Å²) < 4.78 is 47.5. The fourth-order valence-corrected chi connectivity index (χ4v) is 3.34. The molecule has 0 aromatic heterocycles. The van der Waals surface area contributed by atoms with Gasteiger partial charge in [-0.2, -0.15) is 11.8 Å². The quantitative estimate of drug-likeness (QED) is 0.594. The molecule has 1 aromatic rings. The van der Waals surface area contributed by atoms with Crippen molar-refractivity contribution in [2.45, 2.75) is 0 Å². The number of hydrogen-bond acceptors (Lipinski definition) is 4. The molecule has 0 saturated heterocycles. The first-order chi connectivity index (χ1) is 8.29. The number of thioether (sulfide) groups is 1. The largest absolute Gasteiger partial charge is 0.293 e. The number of rotatable bonds is 6. The maximum Gasteiger partial charge on any atom is 0.175 e. The van der Waals surface area contributed by atoms with Gasteiger partial charge in [0.05, 0.1) is 17.1 Å². The molecule has 0 N–H and O–H groups in total. The highest BCUT2D eigenvalue weighted by Gasteiger charge is 2.12. The smallest absolute Gasteiger partial charge is 0.175 e. The molecule has 0 aliphatic rings. The van der Waals surface area contributed by atoms with Crippen LogP contribution < -0.4 is 0 Å². The number of ketones is 1. The molecule has 0 radical (unpaired) electrons. The molecule has 0 fully saturated rings. The Balaban J connectivity index is 2.51. The van der Waals surface area contributed by atoms with Gasteiger partial charge in [-0.3, -0.25) is 4.79 Å². The Hall–Kier alpha value is -0.950. The van der Waals surface area contributed by atoms with E-state index < -0.39 is 27.3 Å². The van der Waals surface area contributed by atoms with E-state index in [0.29, 0.717) is 6.07 Å². The molecule has 100 valence electrons. The summed E-state index contributed by atoms with van der Waals surface area (Å²) in [5.74, 6) is -1.91. The topological polar surface area (TPSA) is 51.2 Å². The molecular weight excluding hydrogens is 282 g/mol. The number of sulfone groups is 1. The minimum Gasteiger partial charge on any atom is -0.293 e. The van der Waals surface area contributed by atoms with Crippen LogP contribution in [0.5, 0.6) is 0 Å². The van der Waals surface area contributed by atoms with E-state index in [-0.39, 0.29) is 22.8 Å². The molecule has 18 heavy (non-hydrogen) atoms. The van der Waals surface area contributed by atoms with Crippen LogP contribution in [0.15, 0.2) is 18.2 Å². The van der Waals surface area contributed by atoms with Gasteiger partial charge in [-0.25, -0.2) is 17.2 Å². The second kappa shape index (κ2) is 6.29. The van der Waals surface area contributed by atoms with Gasteiger partial charge in [0.2, 0.25) is 0 Å². The molecule has 7 heteroatoms. The molecule has 0 atom stereocenters. The Morgan fingerprint density at radius 3 is 2.56 bits per heavy atom. The number of carbonyl (C=O) groups is 1. The molecular formula is C11H12F2O3S2. The summed E-state index contributed by atoms with van der Waals surface area (Å²) >= 11 is 1.11. The highest BCUT2D eigenvalue weighted by molar-refractivity contribution is 8.01. The lowest BCUT2D eigenvalue weighted by Crippen LogP contribution is -2.09. The highest BCUT2D eigenvalue weighted by atomic mass is 32.2. The van der Waals surface area contributed by atoms with Crippen molar-refractivity contribution in [3.63, 3.8) is 0 Å². The highest BCUT2D eigenvalue weighted by Crippen LogP contribution is 2.13. The third-order valence-electron chi connectivity index (χ3n) is 2.06. The molecule has 0 aliphatic carbocycles. The second-order valence-electron chi connectivity index (χ2n) is 3.73. The fourth-order valence-electron chi connectivity index (χ4n) is 1.17. The van der Waals surface area contributed by atoms with Gasteiger partial charge in [-0.15, -0.1) is 0 Å². The van der Waals surface area contributed by atoms with Gasteiger partial charge in [0.1, 0.15) is 21.5 Å². The first-order valence-electron chi connectivity index (χ1n) is 5.03. The average Bonchev–Trinajstić information content (AvgIpc) is 2.22. The fraction of sp³-hybridized carbons (Fsp3) is 0.364. The van der Waals surface area contributed by atoms with E-state index in [0.717, 1.165) is 30.2 Å². The molecule has 1 aromatic carbocycles. The molecule has 0 aliphatic heterocycles. The molecule has 0 bridgehead atoms. The van der Waals surface area contributed by atoms with Gasteiger partial charge >= 0.3 is 0 Å². The first-order valence-corrected chi connectivity index (χ1v) is 8.25. The Morgan fingerprint density at radius 2 is 2.00 bits per heavy atom. The van der Waals surface area contributed by atoms with Crippen molar-refractivity contribution in [1.82, 2.24) is 0 Å². The van der Waals surface area contributed by atoms with Gasteiger partial charge in [-0.1, -0.05) is 0 Å². The van der Waals surface area contributed by atoms with Gasteiger partial charge in [-0.05, 0) is 12.1 Å². The van der Waals surface area contributed by atoms with Crippen LogP contribution in [0.3, 0.4) is 0 Å². The average molecular weight is 294 g/mol. The predicted octanol–water partition coefficient (Wildman–Crippen LogP) is 1.93. The Kier molecular flexibility index (Phi) is 5.28. The minimum atomic E-state index is -3.06. The number of halogens is 2. The maximum atomic E-state index is 13.2. The van der Waals surface area contributed by atoms with Crippen LogP contribution in [0.2, 0.25) is 0 Å². The number of benzene rings is 1. The minimum absolute atomic E-state index is 0.0297. The lowest BCUT2D eigenvalue weighted by atomic mass is 10.1. The second-order valence-corrected chi connectivity index (χ2v) is 7.09. The summed E-state index contributed by atoms with van der Waals surface area (Å²) in [6.45, 7) is 0. The van der Waals surface area contributed by atoms with E-state index in [2.05, 4.69) is 0 Å². The first kappa shape index (κ1) is 15.1. The normalized spacial score (nSPS) is 11.5. The zero-order chi connectivity index (χ0) is 13.8.